The standard InChI is InChI=1S/C26H31F2N3O2/c1-29-16-19(12-18-13-21-17(14-24(18)29)4-3-5-25(21)33-2)26(32)31-10-8-30(9-11-31)20-6-7-22(27)23(28)15-20/h3-7,15,18-19,24H,8-14,16H2,1-2H3/t18-,19-,24-/m1/s1. The molecule has 2 fully saturated rings. The number of carbonyl (C=O) groups is 1. The molecule has 0 aromatic heterocycles. The van der Waals surface area contributed by atoms with Gasteiger partial charge < -0.3 is 19.4 Å². The van der Waals surface area contributed by atoms with Crippen LogP contribution in [0.15, 0.2) is 36.4 Å². The van der Waals surface area contributed by atoms with Crippen LogP contribution in [-0.4, -0.2) is 68.6 Å². The molecular weight excluding hydrogens is 424 g/mol. The van der Waals surface area contributed by atoms with Crippen molar-refractivity contribution in [3.8, 4) is 5.75 Å². The number of anilines is 1. The molecular formula is C26H31F2N3O2. The fourth-order valence-corrected chi connectivity index (χ4v) is 6.00. The molecule has 176 valence electrons. The Morgan fingerprint density at radius 2 is 1.82 bits per heavy atom. The number of piperidine rings is 1. The van der Waals surface area contributed by atoms with Gasteiger partial charge in [0.2, 0.25) is 5.91 Å². The molecule has 5 nitrogen and oxygen atoms in total. The second-order valence-electron chi connectivity index (χ2n) is 9.62. The van der Waals surface area contributed by atoms with Gasteiger partial charge in [-0.3, -0.25) is 4.79 Å². The molecule has 1 amide bonds. The lowest BCUT2D eigenvalue weighted by molar-refractivity contribution is -0.139. The van der Waals surface area contributed by atoms with Crippen LogP contribution in [-0.2, 0) is 17.6 Å². The second kappa shape index (κ2) is 8.93. The zero-order valence-corrected chi connectivity index (χ0v) is 19.3. The van der Waals surface area contributed by atoms with Crippen LogP contribution in [0.25, 0.3) is 0 Å². The van der Waals surface area contributed by atoms with E-state index in [1.54, 1.807) is 13.2 Å². The average molecular weight is 456 g/mol. The van der Waals surface area contributed by atoms with Crippen molar-refractivity contribution < 1.29 is 18.3 Å². The predicted molar refractivity (Wildman–Crippen MR) is 124 cm³/mol. The fraction of sp³-hybridized carbons (Fsp3) is 0.500. The molecule has 0 spiro atoms. The van der Waals surface area contributed by atoms with Crippen molar-refractivity contribution in [2.24, 2.45) is 11.8 Å². The van der Waals surface area contributed by atoms with Gasteiger partial charge >= 0.3 is 0 Å². The Balaban J connectivity index is 1.24. The lowest BCUT2D eigenvalue weighted by atomic mass is 9.72. The Kier molecular flexibility index (Phi) is 5.99. The Morgan fingerprint density at radius 1 is 1.03 bits per heavy atom. The van der Waals surface area contributed by atoms with Crippen LogP contribution in [0.1, 0.15) is 17.5 Å². The van der Waals surface area contributed by atoms with Crippen molar-refractivity contribution in [2.45, 2.75) is 25.3 Å². The highest BCUT2D eigenvalue weighted by Crippen LogP contribution is 2.40. The molecule has 2 aromatic rings. The van der Waals surface area contributed by atoms with E-state index in [-0.39, 0.29) is 11.8 Å². The lowest BCUT2D eigenvalue weighted by Gasteiger charge is -2.47. The number of likely N-dealkylation sites (N-methyl/N-ethyl adjacent to an activating group) is 1. The molecule has 7 heteroatoms. The molecule has 1 aliphatic carbocycles. The first-order chi connectivity index (χ1) is 15.9. The van der Waals surface area contributed by atoms with Gasteiger partial charge in [0.05, 0.1) is 13.0 Å². The van der Waals surface area contributed by atoms with Crippen molar-refractivity contribution in [3.63, 3.8) is 0 Å². The van der Waals surface area contributed by atoms with Crippen LogP contribution >= 0.6 is 0 Å². The first kappa shape index (κ1) is 22.1. The highest BCUT2D eigenvalue weighted by Gasteiger charge is 2.41. The van der Waals surface area contributed by atoms with E-state index in [1.807, 2.05) is 15.9 Å². The van der Waals surface area contributed by atoms with Gasteiger partial charge in [-0.15, -0.1) is 0 Å². The summed E-state index contributed by atoms with van der Waals surface area (Å²) in [6.07, 6.45) is 2.85. The van der Waals surface area contributed by atoms with Gasteiger partial charge in [0.25, 0.3) is 0 Å². The van der Waals surface area contributed by atoms with E-state index >= 15 is 0 Å². The lowest BCUT2D eigenvalue weighted by Crippen LogP contribution is -2.56. The van der Waals surface area contributed by atoms with Crippen LogP contribution in [0.4, 0.5) is 14.5 Å². The summed E-state index contributed by atoms with van der Waals surface area (Å²) in [4.78, 5) is 19.8. The molecule has 3 aliphatic rings. The van der Waals surface area contributed by atoms with E-state index in [4.69, 9.17) is 4.74 Å². The van der Waals surface area contributed by atoms with Gasteiger partial charge in [-0.05, 0) is 61.6 Å². The minimum Gasteiger partial charge on any atom is -0.496 e. The number of hydrogen-bond donors (Lipinski definition) is 0. The average Bonchev–Trinajstić information content (AvgIpc) is 2.84. The maximum absolute atomic E-state index is 13.6. The summed E-state index contributed by atoms with van der Waals surface area (Å²) in [5.74, 6) is -0.0782. The quantitative estimate of drug-likeness (QED) is 0.711. The van der Waals surface area contributed by atoms with Crippen molar-refractivity contribution in [2.75, 3.05) is 51.8 Å². The van der Waals surface area contributed by atoms with Crippen molar-refractivity contribution in [3.05, 3.63) is 59.2 Å². The summed E-state index contributed by atoms with van der Waals surface area (Å²) in [5.41, 5.74) is 3.32. The highest BCUT2D eigenvalue weighted by molar-refractivity contribution is 5.79. The van der Waals surface area contributed by atoms with Crippen LogP contribution in [0.5, 0.6) is 5.75 Å². The maximum atomic E-state index is 13.6. The van der Waals surface area contributed by atoms with Gasteiger partial charge in [-0.1, -0.05) is 12.1 Å². The first-order valence-corrected chi connectivity index (χ1v) is 11.8. The summed E-state index contributed by atoms with van der Waals surface area (Å²) in [6, 6.07) is 10.7. The molecule has 0 unspecified atom stereocenters. The number of halogens is 2. The van der Waals surface area contributed by atoms with Gasteiger partial charge in [-0.2, -0.15) is 0 Å². The number of rotatable bonds is 3. The highest BCUT2D eigenvalue weighted by atomic mass is 19.2. The maximum Gasteiger partial charge on any atom is 0.227 e. The van der Waals surface area contributed by atoms with E-state index < -0.39 is 11.6 Å². The topological polar surface area (TPSA) is 36.0 Å². The summed E-state index contributed by atoms with van der Waals surface area (Å²) < 4.78 is 32.5. The number of likely N-dealkylation sites (tertiary alicyclic amines) is 1. The smallest absolute Gasteiger partial charge is 0.227 e. The molecule has 0 radical (unpaired) electrons. The van der Waals surface area contributed by atoms with Crippen molar-refractivity contribution in [1.29, 1.82) is 0 Å². The second-order valence-corrected chi connectivity index (χ2v) is 9.62. The predicted octanol–water partition coefficient (Wildman–Crippen LogP) is 3.36. The van der Waals surface area contributed by atoms with Crippen LogP contribution in [0.3, 0.4) is 0 Å². The van der Waals surface area contributed by atoms with Gasteiger partial charge in [0.1, 0.15) is 5.75 Å². The Morgan fingerprint density at radius 3 is 2.55 bits per heavy atom. The third kappa shape index (κ3) is 4.19. The van der Waals surface area contributed by atoms with Crippen LogP contribution in [0, 0.1) is 23.5 Å². The van der Waals surface area contributed by atoms with E-state index in [9.17, 15) is 13.6 Å². The number of hydrogen-bond acceptors (Lipinski definition) is 4. The number of fused-ring (bicyclic) bond motifs is 2. The van der Waals surface area contributed by atoms with Gasteiger partial charge in [-0.25, -0.2) is 8.78 Å². The minimum absolute atomic E-state index is 0.0117. The van der Waals surface area contributed by atoms with Crippen molar-refractivity contribution >= 4 is 11.6 Å². The van der Waals surface area contributed by atoms with Crippen LogP contribution < -0.4 is 9.64 Å². The zero-order valence-electron chi connectivity index (χ0n) is 19.3. The summed E-state index contributed by atoms with van der Waals surface area (Å²) in [6.45, 7) is 3.22. The molecule has 2 aromatic carbocycles. The molecule has 5 rings (SSSR count). The number of piperazine rings is 1. The number of ether oxygens (including phenoxy) is 1. The number of amides is 1. The van der Waals surface area contributed by atoms with E-state index in [2.05, 4.69) is 24.1 Å². The van der Waals surface area contributed by atoms with E-state index in [1.165, 1.54) is 17.2 Å². The molecule has 0 N–H and O–H groups in total. The molecule has 0 saturated carbocycles. The third-order valence-electron chi connectivity index (χ3n) is 7.76. The summed E-state index contributed by atoms with van der Waals surface area (Å²) >= 11 is 0. The molecule has 3 atom stereocenters. The van der Waals surface area contributed by atoms with E-state index in [0.717, 1.165) is 37.6 Å². The van der Waals surface area contributed by atoms with Crippen LogP contribution in [0.2, 0.25) is 0 Å². The first-order valence-electron chi connectivity index (χ1n) is 11.8. The number of nitrogens with zero attached hydrogens (tertiary/aromatic N) is 3. The van der Waals surface area contributed by atoms with Gasteiger partial charge in [0.15, 0.2) is 11.6 Å². The molecule has 2 aliphatic heterocycles. The fourth-order valence-electron chi connectivity index (χ4n) is 6.00. The molecule has 33 heavy (non-hydrogen) atoms. The Labute approximate surface area is 193 Å². The minimum atomic E-state index is -0.838. The SMILES string of the molecule is COc1cccc2c1C[C@H]1C[C@@H](C(=O)N3CCN(c4ccc(F)c(F)c4)CC3)CN(C)[C@@H]1C2. The molecule has 0 bridgehead atoms. The molecule has 2 saturated heterocycles. The monoisotopic (exact) mass is 455 g/mol. The number of carbonyl (C=O) groups excluding carboxylic acids is 1. The Hall–Kier alpha value is -2.67. The Bertz CT molecular complexity index is 1040. The zero-order chi connectivity index (χ0) is 23.1. The van der Waals surface area contributed by atoms with Crippen molar-refractivity contribution in [1.82, 2.24) is 9.80 Å². The largest absolute Gasteiger partial charge is 0.496 e. The number of methoxy groups -OCH3 is 1. The molecule has 2 heterocycles. The summed E-state index contributed by atoms with van der Waals surface area (Å²) in [7, 11) is 3.87. The normalized spacial score (nSPS) is 25.4. The van der Waals surface area contributed by atoms with Gasteiger partial charge in [0, 0.05) is 50.5 Å². The third-order valence-corrected chi connectivity index (χ3v) is 7.76. The summed E-state index contributed by atoms with van der Waals surface area (Å²) in [5, 5.41) is 0. The number of benzene rings is 2. The van der Waals surface area contributed by atoms with E-state index in [0.29, 0.717) is 43.8 Å².